The van der Waals surface area contributed by atoms with Crippen molar-refractivity contribution in [1.29, 1.82) is 0 Å². The van der Waals surface area contributed by atoms with Gasteiger partial charge in [0.15, 0.2) is 11.6 Å². The summed E-state index contributed by atoms with van der Waals surface area (Å²) >= 11 is 0. The molecule has 1 aliphatic rings. The van der Waals surface area contributed by atoms with Crippen molar-refractivity contribution in [3.05, 3.63) is 53.2 Å². The van der Waals surface area contributed by atoms with Gasteiger partial charge in [0.2, 0.25) is 0 Å². The minimum absolute atomic E-state index is 0.00367. The van der Waals surface area contributed by atoms with Crippen LogP contribution in [0, 0.1) is 11.6 Å². The van der Waals surface area contributed by atoms with E-state index in [4.69, 9.17) is 34.4 Å². The number of carbonyl (C=O) groups is 1. The van der Waals surface area contributed by atoms with Gasteiger partial charge in [-0.3, -0.25) is 0 Å². The first kappa shape index (κ1) is 36.5. The highest BCUT2D eigenvalue weighted by Gasteiger charge is 2.31. The first-order valence-electron chi connectivity index (χ1n) is 16.2. The van der Waals surface area contributed by atoms with E-state index in [1.54, 1.807) is 11.9 Å². The van der Waals surface area contributed by atoms with E-state index in [1.165, 1.54) is 17.8 Å². The number of benzene rings is 1. The lowest BCUT2D eigenvalue weighted by atomic mass is 9.91. The Morgan fingerprint density at radius 3 is 2.21 bits per heavy atom. The maximum absolute atomic E-state index is 14.3. The van der Waals surface area contributed by atoms with E-state index in [0.29, 0.717) is 83.9 Å². The Hall–Kier alpha value is -3.36. The Morgan fingerprint density at radius 2 is 1.60 bits per heavy atom. The number of hydrogen-bond acceptors (Lipinski definition) is 9. The third-order valence-electron chi connectivity index (χ3n) is 7.97. The Labute approximate surface area is 275 Å². The highest BCUT2D eigenvalue weighted by molar-refractivity contribution is 5.85. The Balaban J connectivity index is 1.40. The largest absolute Gasteiger partial charge is 0.444 e. The number of rotatable bonds is 17. The van der Waals surface area contributed by atoms with Crippen LogP contribution in [0.4, 0.5) is 25.1 Å². The van der Waals surface area contributed by atoms with Gasteiger partial charge in [0.1, 0.15) is 17.1 Å². The molecule has 3 aromatic rings. The van der Waals surface area contributed by atoms with Crippen LogP contribution in [0.15, 0.2) is 30.3 Å². The summed E-state index contributed by atoms with van der Waals surface area (Å²) in [5, 5.41) is 0.999. The van der Waals surface area contributed by atoms with Crippen LogP contribution in [0.2, 0.25) is 0 Å². The first-order chi connectivity index (χ1) is 22.5. The molecule has 11 nitrogen and oxygen atoms in total. The zero-order valence-corrected chi connectivity index (χ0v) is 28.2. The van der Waals surface area contributed by atoms with E-state index < -0.39 is 17.2 Å². The molecule has 0 fully saturated rings. The number of nitrogens with zero attached hydrogens (tertiary/aromatic N) is 4. The number of fused-ring (bicyclic) bond motifs is 3. The normalized spacial score (nSPS) is 14.8. The summed E-state index contributed by atoms with van der Waals surface area (Å²) < 4.78 is 57.9. The quantitative estimate of drug-likeness (QED) is 0.205. The number of likely N-dealkylation sites (N-methyl/N-ethyl adjacent to an activating group) is 1. The molecular weight excluding hydrogens is 612 g/mol. The molecule has 0 bridgehead atoms. The predicted octanol–water partition coefficient (Wildman–Crippen LogP) is 4.74. The highest BCUT2D eigenvalue weighted by atomic mass is 19.2. The number of carbonyl (C=O) groups excluding carboxylic acids is 1. The molecule has 1 amide bonds. The zero-order valence-electron chi connectivity index (χ0n) is 28.2. The second kappa shape index (κ2) is 17.2. The van der Waals surface area contributed by atoms with Gasteiger partial charge in [-0.1, -0.05) is 0 Å². The fourth-order valence-electron chi connectivity index (χ4n) is 5.60. The van der Waals surface area contributed by atoms with Crippen LogP contribution in [0.1, 0.15) is 38.4 Å². The molecule has 0 unspecified atom stereocenters. The molecule has 1 aliphatic carbocycles. The molecule has 2 N–H and O–H groups in total. The summed E-state index contributed by atoms with van der Waals surface area (Å²) in [5.41, 5.74) is 8.37. The van der Waals surface area contributed by atoms with Gasteiger partial charge in [-0.2, -0.15) is 0 Å². The number of halogens is 2. The maximum Gasteiger partial charge on any atom is 0.410 e. The van der Waals surface area contributed by atoms with E-state index in [-0.39, 0.29) is 12.1 Å². The lowest BCUT2D eigenvalue weighted by Gasteiger charge is -2.33. The number of aromatic nitrogens is 2. The summed E-state index contributed by atoms with van der Waals surface area (Å²) in [6.07, 6.45) is 1.94. The number of amides is 1. The molecular formula is C34H49F2N5O6. The fraction of sp³-hybridized carbons (Fsp3) is 0.588. The SMILES string of the molecule is CN(C(=O)OC(C)(C)C)[C@@H]1CCc2c(c3ccc(N(CCOCCOCCOCCOCCN)c4ccc(F)c(F)c4)nc3n2C)C1. The lowest BCUT2D eigenvalue weighted by Crippen LogP contribution is -2.43. The summed E-state index contributed by atoms with van der Waals surface area (Å²) in [7, 11) is 3.78. The Kier molecular flexibility index (Phi) is 13.3. The molecule has 0 saturated heterocycles. The van der Waals surface area contributed by atoms with Gasteiger partial charge < -0.3 is 43.8 Å². The molecule has 0 spiro atoms. The molecule has 2 aromatic heterocycles. The van der Waals surface area contributed by atoms with Crippen LogP contribution in [0.5, 0.6) is 0 Å². The van der Waals surface area contributed by atoms with Crippen molar-refractivity contribution in [2.24, 2.45) is 12.8 Å². The fourth-order valence-corrected chi connectivity index (χ4v) is 5.60. The third kappa shape index (κ3) is 10.1. The predicted molar refractivity (Wildman–Crippen MR) is 176 cm³/mol. The van der Waals surface area contributed by atoms with Gasteiger partial charge in [0, 0.05) is 56.1 Å². The van der Waals surface area contributed by atoms with Crippen molar-refractivity contribution in [1.82, 2.24) is 14.5 Å². The summed E-state index contributed by atoms with van der Waals surface area (Å²) in [6.45, 7) is 9.85. The number of anilines is 2. The summed E-state index contributed by atoms with van der Waals surface area (Å²) in [5.74, 6) is -1.28. The molecule has 2 heterocycles. The number of nitrogens with two attached hydrogens (primary N) is 1. The van der Waals surface area contributed by atoms with Crippen LogP contribution in [0.3, 0.4) is 0 Å². The lowest BCUT2D eigenvalue weighted by molar-refractivity contribution is -0.000153. The van der Waals surface area contributed by atoms with Crippen molar-refractivity contribution >= 4 is 28.6 Å². The van der Waals surface area contributed by atoms with Gasteiger partial charge in [0.25, 0.3) is 0 Å². The highest BCUT2D eigenvalue weighted by Crippen LogP contribution is 2.35. The van der Waals surface area contributed by atoms with Gasteiger partial charge >= 0.3 is 6.09 Å². The van der Waals surface area contributed by atoms with Gasteiger partial charge in [0.05, 0.1) is 52.9 Å². The minimum atomic E-state index is -0.939. The molecule has 260 valence electrons. The van der Waals surface area contributed by atoms with E-state index in [2.05, 4.69) is 4.57 Å². The maximum atomic E-state index is 14.3. The molecule has 0 aliphatic heterocycles. The first-order valence-corrected chi connectivity index (χ1v) is 16.2. The Morgan fingerprint density at radius 1 is 0.957 bits per heavy atom. The topological polar surface area (TPSA) is 114 Å². The van der Waals surface area contributed by atoms with E-state index >= 15 is 0 Å². The van der Waals surface area contributed by atoms with Crippen LogP contribution in [0.25, 0.3) is 11.0 Å². The molecule has 1 aromatic carbocycles. The second-order valence-electron chi connectivity index (χ2n) is 12.5. The van der Waals surface area contributed by atoms with Gasteiger partial charge in [-0.05, 0) is 69.9 Å². The second-order valence-corrected chi connectivity index (χ2v) is 12.5. The standard InChI is InChI=1S/C34H49F2N5O6/c1-34(2,3)47-33(42)39(4)24-7-10-30-27(22-24)26-8-11-31(38-32(26)40(30)5)41(25-6-9-28(35)29(36)23-25)13-15-44-17-19-46-21-20-45-18-16-43-14-12-37/h6,8-9,11,23-24H,7,10,12-22,37H2,1-5H3/t24-/m1/s1. The van der Waals surface area contributed by atoms with Crippen LogP contribution in [-0.2, 0) is 43.6 Å². The molecule has 0 saturated carbocycles. The van der Waals surface area contributed by atoms with Crippen molar-refractivity contribution in [2.75, 3.05) is 77.9 Å². The van der Waals surface area contributed by atoms with Crippen LogP contribution in [-0.4, -0.2) is 105 Å². The molecule has 4 rings (SSSR count). The Bertz CT molecular complexity index is 1460. The molecule has 47 heavy (non-hydrogen) atoms. The van der Waals surface area contributed by atoms with E-state index in [0.717, 1.165) is 35.5 Å². The average molecular weight is 662 g/mol. The molecule has 13 heteroatoms. The van der Waals surface area contributed by atoms with Crippen LogP contribution < -0.4 is 10.6 Å². The van der Waals surface area contributed by atoms with Gasteiger partial charge in [-0.25, -0.2) is 18.6 Å². The summed E-state index contributed by atoms with van der Waals surface area (Å²) in [4.78, 5) is 21.3. The average Bonchev–Trinajstić information content (AvgIpc) is 3.31. The number of ether oxygens (including phenoxy) is 5. The summed E-state index contributed by atoms with van der Waals surface area (Å²) in [6, 6.07) is 7.70. The monoisotopic (exact) mass is 661 g/mol. The minimum Gasteiger partial charge on any atom is -0.444 e. The van der Waals surface area contributed by atoms with Crippen molar-refractivity contribution in [2.45, 2.75) is 51.7 Å². The van der Waals surface area contributed by atoms with E-state index in [9.17, 15) is 13.6 Å². The van der Waals surface area contributed by atoms with Crippen molar-refractivity contribution in [3.63, 3.8) is 0 Å². The zero-order chi connectivity index (χ0) is 34.0. The number of aryl methyl sites for hydroxylation is 1. The van der Waals surface area contributed by atoms with Crippen molar-refractivity contribution in [3.8, 4) is 0 Å². The van der Waals surface area contributed by atoms with Crippen LogP contribution >= 0.6 is 0 Å². The molecule has 0 radical (unpaired) electrons. The smallest absolute Gasteiger partial charge is 0.410 e. The molecule has 1 atom stereocenters. The third-order valence-corrected chi connectivity index (χ3v) is 7.97. The van der Waals surface area contributed by atoms with Crippen molar-refractivity contribution < 1.29 is 37.3 Å². The number of pyridine rings is 1. The van der Waals surface area contributed by atoms with Gasteiger partial charge in [-0.15, -0.1) is 0 Å². The number of hydrogen-bond donors (Lipinski definition) is 1. The van der Waals surface area contributed by atoms with E-state index in [1.807, 2.05) is 44.9 Å².